The van der Waals surface area contributed by atoms with Gasteiger partial charge in [-0.3, -0.25) is 4.79 Å². The van der Waals surface area contributed by atoms with Gasteiger partial charge in [-0.25, -0.2) is 9.97 Å². The number of aromatic nitrogens is 3. The number of Topliss-reactive ketones (excluding diaryl/α,β-unsaturated/α-hetero) is 1. The lowest BCUT2D eigenvalue weighted by atomic mass is 10.3. The van der Waals surface area contributed by atoms with Gasteiger partial charge in [0, 0.05) is 38.5 Å². The van der Waals surface area contributed by atoms with E-state index in [1.165, 1.54) is 6.33 Å². The maximum Gasteiger partial charge on any atom is 0.135 e. The van der Waals surface area contributed by atoms with E-state index in [4.69, 9.17) is 0 Å². The molecule has 0 aliphatic heterocycles. The molecule has 0 atom stereocenters. The highest BCUT2D eigenvalue weighted by atomic mass is 16.1. The van der Waals surface area contributed by atoms with Crippen LogP contribution in [0.4, 0.5) is 17.3 Å². The van der Waals surface area contributed by atoms with Gasteiger partial charge in [-0.15, -0.1) is 0 Å². The van der Waals surface area contributed by atoms with Crippen LogP contribution < -0.4 is 10.2 Å². The summed E-state index contributed by atoms with van der Waals surface area (Å²) in [5, 5.41) is 3.17. The molecule has 6 nitrogen and oxygen atoms in total. The average Bonchev–Trinajstić information content (AvgIpc) is 2.89. The van der Waals surface area contributed by atoms with Crippen molar-refractivity contribution in [3.8, 4) is 0 Å². The van der Waals surface area contributed by atoms with Crippen molar-refractivity contribution in [2.45, 2.75) is 13.3 Å². The lowest BCUT2D eigenvalue weighted by Gasteiger charge is -2.17. The third kappa shape index (κ3) is 3.80. The number of carbonyl (C=O) groups is 1. The maximum atomic E-state index is 11.0. The monoisotopic (exact) mass is 259 g/mol. The second-order valence-corrected chi connectivity index (χ2v) is 4.36. The van der Waals surface area contributed by atoms with Crippen LogP contribution in [0.15, 0.2) is 30.9 Å². The molecular formula is C13H17N5O. The molecule has 0 unspecified atom stereocenters. The van der Waals surface area contributed by atoms with Gasteiger partial charge in [0.15, 0.2) is 0 Å². The van der Waals surface area contributed by atoms with Gasteiger partial charge in [0.25, 0.3) is 0 Å². The van der Waals surface area contributed by atoms with E-state index in [1.54, 1.807) is 6.92 Å². The lowest BCUT2D eigenvalue weighted by molar-refractivity contribution is -0.116. The molecule has 2 aromatic heterocycles. The molecule has 0 amide bonds. The molecule has 0 saturated heterocycles. The molecule has 6 heteroatoms. The second-order valence-electron chi connectivity index (χ2n) is 4.36. The van der Waals surface area contributed by atoms with E-state index in [2.05, 4.69) is 20.3 Å². The van der Waals surface area contributed by atoms with Gasteiger partial charge in [0.05, 0.1) is 5.69 Å². The van der Waals surface area contributed by atoms with Gasteiger partial charge in [0.1, 0.15) is 23.7 Å². The number of H-pyrrole nitrogens is 1. The van der Waals surface area contributed by atoms with Crippen LogP contribution in [-0.4, -0.2) is 34.3 Å². The summed E-state index contributed by atoms with van der Waals surface area (Å²) >= 11 is 0. The minimum Gasteiger partial charge on any atom is -0.366 e. The number of nitrogens with zero attached hydrogens (tertiary/aromatic N) is 3. The summed E-state index contributed by atoms with van der Waals surface area (Å²) in [4.78, 5) is 24.2. The summed E-state index contributed by atoms with van der Waals surface area (Å²) in [6, 6.07) is 3.77. The lowest BCUT2D eigenvalue weighted by Crippen LogP contribution is -2.21. The molecule has 0 bridgehead atoms. The van der Waals surface area contributed by atoms with Crippen molar-refractivity contribution in [1.29, 1.82) is 0 Å². The van der Waals surface area contributed by atoms with Crippen LogP contribution in [0.1, 0.15) is 13.3 Å². The third-order valence-corrected chi connectivity index (χ3v) is 2.71. The van der Waals surface area contributed by atoms with Crippen molar-refractivity contribution >= 4 is 23.1 Å². The highest BCUT2D eigenvalue weighted by Crippen LogP contribution is 2.17. The molecule has 2 N–H and O–H groups in total. The fourth-order valence-electron chi connectivity index (χ4n) is 1.61. The van der Waals surface area contributed by atoms with E-state index in [-0.39, 0.29) is 5.78 Å². The van der Waals surface area contributed by atoms with E-state index in [1.807, 2.05) is 36.5 Å². The molecular weight excluding hydrogens is 242 g/mol. The summed E-state index contributed by atoms with van der Waals surface area (Å²) in [6.07, 6.45) is 5.71. The van der Waals surface area contributed by atoms with E-state index >= 15 is 0 Å². The van der Waals surface area contributed by atoms with Crippen molar-refractivity contribution in [3.05, 3.63) is 30.9 Å². The van der Waals surface area contributed by atoms with E-state index in [9.17, 15) is 4.79 Å². The van der Waals surface area contributed by atoms with E-state index in [0.29, 0.717) is 13.0 Å². The predicted octanol–water partition coefficient (Wildman–Crippen LogP) is 1.96. The zero-order chi connectivity index (χ0) is 13.7. The fraction of sp³-hybridized carbons (Fsp3) is 0.308. The summed E-state index contributed by atoms with van der Waals surface area (Å²) in [5.41, 5.74) is 0.941. The van der Waals surface area contributed by atoms with Gasteiger partial charge in [0.2, 0.25) is 0 Å². The van der Waals surface area contributed by atoms with Crippen LogP contribution in [0.2, 0.25) is 0 Å². The Morgan fingerprint density at radius 2 is 2.32 bits per heavy atom. The largest absolute Gasteiger partial charge is 0.366 e. The minimum atomic E-state index is 0.173. The molecule has 19 heavy (non-hydrogen) atoms. The molecule has 0 spiro atoms. The van der Waals surface area contributed by atoms with Crippen molar-refractivity contribution in [2.75, 3.05) is 23.8 Å². The maximum absolute atomic E-state index is 11.0. The van der Waals surface area contributed by atoms with E-state index in [0.717, 1.165) is 17.3 Å². The number of anilines is 3. The molecule has 0 radical (unpaired) electrons. The summed E-state index contributed by atoms with van der Waals surface area (Å²) in [7, 11) is 1.91. The standard InChI is InChI=1S/C13H17N5O/c1-10(19)4-6-18(2)13-7-12(15-9-16-13)17-11-3-5-14-8-11/h3,5,7-9,14H,4,6H2,1-2H3,(H,15,16,17). The van der Waals surface area contributed by atoms with Gasteiger partial charge in [-0.1, -0.05) is 0 Å². The smallest absolute Gasteiger partial charge is 0.135 e. The first kappa shape index (κ1) is 13.1. The number of ketones is 1. The summed E-state index contributed by atoms with van der Waals surface area (Å²) < 4.78 is 0. The quantitative estimate of drug-likeness (QED) is 0.829. The minimum absolute atomic E-state index is 0.173. The number of carbonyl (C=O) groups excluding carboxylic acids is 1. The number of hydrogen-bond acceptors (Lipinski definition) is 5. The Morgan fingerprint density at radius 3 is 3.00 bits per heavy atom. The molecule has 2 aromatic rings. The van der Waals surface area contributed by atoms with Crippen molar-refractivity contribution < 1.29 is 4.79 Å². The van der Waals surface area contributed by atoms with Gasteiger partial charge >= 0.3 is 0 Å². The SMILES string of the molecule is CC(=O)CCN(C)c1cc(Nc2cc[nH]c2)ncn1. The first-order chi connectivity index (χ1) is 9.15. The molecule has 0 aliphatic carbocycles. The summed E-state index contributed by atoms with van der Waals surface area (Å²) in [5.74, 6) is 1.68. The highest BCUT2D eigenvalue weighted by Gasteiger charge is 2.06. The van der Waals surface area contributed by atoms with Crippen molar-refractivity contribution in [1.82, 2.24) is 15.0 Å². The van der Waals surface area contributed by atoms with Crippen molar-refractivity contribution in [2.24, 2.45) is 0 Å². The van der Waals surface area contributed by atoms with Gasteiger partial charge in [-0.05, 0) is 13.0 Å². The first-order valence-corrected chi connectivity index (χ1v) is 6.07. The Morgan fingerprint density at radius 1 is 1.47 bits per heavy atom. The van der Waals surface area contributed by atoms with Crippen LogP contribution in [0, 0.1) is 0 Å². The average molecular weight is 259 g/mol. The van der Waals surface area contributed by atoms with Crippen LogP contribution in [-0.2, 0) is 4.79 Å². The molecule has 2 heterocycles. The Labute approximate surface area is 111 Å². The number of nitrogens with one attached hydrogen (secondary N) is 2. The van der Waals surface area contributed by atoms with Crippen LogP contribution >= 0.6 is 0 Å². The zero-order valence-electron chi connectivity index (χ0n) is 11.1. The summed E-state index contributed by atoms with van der Waals surface area (Å²) in [6.45, 7) is 2.24. The molecule has 100 valence electrons. The van der Waals surface area contributed by atoms with Crippen LogP contribution in [0.5, 0.6) is 0 Å². The normalized spacial score (nSPS) is 10.2. The zero-order valence-corrected chi connectivity index (χ0v) is 11.1. The Bertz CT molecular complexity index is 538. The third-order valence-electron chi connectivity index (χ3n) is 2.71. The van der Waals surface area contributed by atoms with Crippen molar-refractivity contribution in [3.63, 3.8) is 0 Å². The number of hydrogen-bond donors (Lipinski definition) is 2. The highest BCUT2D eigenvalue weighted by molar-refractivity contribution is 5.76. The Hall–Kier alpha value is -2.37. The number of rotatable bonds is 6. The molecule has 0 aromatic carbocycles. The Kier molecular flexibility index (Phi) is 4.12. The first-order valence-electron chi connectivity index (χ1n) is 6.07. The second kappa shape index (κ2) is 5.99. The fourth-order valence-corrected chi connectivity index (χ4v) is 1.61. The predicted molar refractivity (Wildman–Crippen MR) is 74.7 cm³/mol. The molecule has 0 saturated carbocycles. The van der Waals surface area contributed by atoms with Gasteiger partial charge < -0.3 is 15.2 Å². The molecule has 0 aliphatic rings. The van der Waals surface area contributed by atoms with E-state index < -0.39 is 0 Å². The van der Waals surface area contributed by atoms with Crippen LogP contribution in [0.3, 0.4) is 0 Å². The molecule has 0 fully saturated rings. The van der Waals surface area contributed by atoms with Gasteiger partial charge in [-0.2, -0.15) is 0 Å². The Balaban J connectivity index is 2.04. The topological polar surface area (TPSA) is 73.9 Å². The molecule has 2 rings (SSSR count). The van der Waals surface area contributed by atoms with Crippen LogP contribution in [0.25, 0.3) is 0 Å². The number of aromatic amines is 1.